The second-order valence-electron chi connectivity index (χ2n) is 4.28. The Bertz CT molecular complexity index is 552. The summed E-state index contributed by atoms with van der Waals surface area (Å²) < 4.78 is 3.48. The van der Waals surface area contributed by atoms with E-state index in [-0.39, 0.29) is 11.7 Å². The highest BCUT2D eigenvalue weighted by Crippen LogP contribution is 2.23. The lowest BCUT2D eigenvalue weighted by molar-refractivity contribution is 0.0686. The number of aromatic nitrogens is 3. The van der Waals surface area contributed by atoms with Gasteiger partial charge in [0.1, 0.15) is 5.69 Å². The van der Waals surface area contributed by atoms with Gasteiger partial charge in [0.25, 0.3) is 0 Å². The molecule has 0 aliphatic heterocycles. The first-order valence-corrected chi connectivity index (χ1v) is 5.44. The van der Waals surface area contributed by atoms with Gasteiger partial charge in [-0.25, -0.2) is 4.79 Å². The third-order valence-electron chi connectivity index (χ3n) is 2.68. The van der Waals surface area contributed by atoms with Crippen molar-refractivity contribution in [3.63, 3.8) is 0 Å². The second kappa shape index (κ2) is 4.08. The Morgan fingerprint density at radius 1 is 1.47 bits per heavy atom. The van der Waals surface area contributed by atoms with E-state index < -0.39 is 5.97 Å². The maximum absolute atomic E-state index is 11.0. The van der Waals surface area contributed by atoms with E-state index in [0.29, 0.717) is 0 Å². The van der Waals surface area contributed by atoms with Gasteiger partial charge in [0.15, 0.2) is 0 Å². The summed E-state index contributed by atoms with van der Waals surface area (Å²) in [4.78, 5) is 11.0. The first-order valence-electron chi connectivity index (χ1n) is 5.44. The van der Waals surface area contributed by atoms with Gasteiger partial charge < -0.3 is 9.67 Å². The summed E-state index contributed by atoms with van der Waals surface area (Å²) in [5, 5.41) is 13.2. The monoisotopic (exact) mass is 233 g/mol. The molecule has 0 saturated carbocycles. The van der Waals surface area contributed by atoms with Crippen LogP contribution in [0.4, 0.5) is 0 Å². The van der Waals surface area contributed by atoms with Crippen LogP contribution < -0.4 is 0 Å². The number of carbonyl (C=O) groups is 1. The minimum absolute atomic E-state index is 0.244. The van der Waals surface area contributed by atoms with Gasteiger partial charge in [-0.2, -0.15) is 5.10 Å². The SMILES string of the molecule is CC(C)n1nccc1-c1cc(C(=O)O)n(C)c1. The molecular formula is C12H15N3O2. The molecule has 0 aliphatic rings. The molecule has 2 aromatic heterocycles. The van der Waals surface area contributed by atoms with Crippen molar-refractivity contribution in [3.05, 3.63) is 30.2 Å². The largest absolute Gasteiger partial charge is 0.477 e. The summed E-state index contributed by atoms with van der Waals surface area (Å²) >= 11 is 0. The van der Waals surface area contributed by atoms with Crippen LogP contribution in [0.25, 0.3) is 11.3 Å². The van der Waals surface area contributed by atoms with Gasteiger partial charge in [0.2, 0.25) is 0 Å². The number of hydrogen-bond acceptors (Lipinski definition) is 2. The Hall–Kier alpha value is -2.04. The summed E-state index contributed by atoms with van der Waals surface area (Å²) in [5.41, 5.74) is 2.08. The molecule has 2 heterocycles. The third kappa shape index (κ3) is 1.95. The van der Waals surface area contributed by atoms with Crippen molar-refractivity contribution < 1.29 is 9.90 Å². The van der Waals surface area contributed by atoms with Crippen molar-refractivity contribution in [1.82, 2.24) is 14.3 Å². The zero-order valence-electron chi connectivity index (χ0n) is 10.1. The minimum Gasteiger partial charge on any atom is -0.477 e. The van der Waals surface area contributed by atoms with Gasteiger partial charge in [-0.05, 0) is 26.0 Å². The average Bonchev–Trinajstić information content (AvgIpc) is 2.82. The van der Waals surface area contributed by atoms with E-state index >= 15 is 0 Å². The van der Waals surface area contributed by atoms with Crippen molar-refractivity contribution in [2.75, 3.05) is 0 Å². The highest BCUT2D eigenvalue weighted by molar-refractivity contribution is 5.88. The summed E-state index contributed by atoms with van der Waals surface area (Å²) in [6, 6.07) is 3.80. The fraction of sp³-hybridized carbons (Fsp3) is 0.333. The van der Waals surface area contributed by atoms with Gasteiger partial charge in [-0.3, -0.25) is 4.68 Å². The van der Waals surface area contributed by atoms with Gasteiger partial charge in [0, 0.05) is 31.0 Å². The van der Waals surface area contributed by atoms with E-state index in [4.69, 9.17) is 5.11 Å². The predicted molar refractivity (Wildman–Crippen MR) is 64.0 cm³/mol. The molecule has 0 radical (unpaired) electrons. The topological polar surface area (TPSA) is 60.1 Å². The summed E-state index contributed by atoms with van der Waals surface area (Å²) in [6.45, 7) is 4.08. The molecule has 0 bridgehead atoms. The van der Waals surface area contributed by atoms with E-state index in [0.717, 1.165) is 11.3 Å². The number of aromatic carboxylic acids is 1. The first-order chi connectivity index (χ1) is 8.00. The van der Waals surface area contributed by atoms with Crippen LogP contribution in [0, 0.1) is 0 Å². The summed E-state index contributed by atoms with van der Waals surface area (Å²) in [6.07, 6.45) is 3.53. The molecule has 5 heteroatoms. The third-order valence-corrected chi connectivity index (χ3v) is 2.68. The van der Waals surface area contributed by atoms with Crippen molar-refractivity contribution in [1.29, 1.82) is 0 Å². The fourth-order valence-corrected chi connectivity index (χ4v) is 1.87. The van der Waals surface area contributed by atoms with Crippen LogP contribution in [-0.2, 0) is 7.05 Å². The maximum atomic E-state index is 11.0. The summed E-state index contributed by atoms with van der Waals surface area (Å²) in [7, 11) is 1.73. The summed E-state index contributed by atoms with van der Waals surface area (Å²) in [5.74, 6) is -0.922. The Labute approximate surface area is 99.3 Å². The van der Waals surface area contributed by atoms with Crippen LogP contribution in [0.5, 0.6) is 0 Å². The van der Waals surface area contributed by atoms with E-state index in [9.17, 15) is 4.79 Å². The van der Waals surface area contributed by atoms with Gasteiger partial charge in [-0.15, -0.1) is 0 Å². The minimum atomic E-state index is -0.922. The number of hydrogen-bond donors (Lipinski definition) is 1. The van der Waals surface area contributed by atoms with Gasteiger partial charge in [-0.1, -0.05) is 0 Å². The zero-order chi connectivity index (χ0) is 12.6. The molecule has 0 spiro atoms. The smallest absolute Gasteiger partial charge is 0.352 e. The zero-order valence-corrected chi connectivity index (χ0v) is 10.1. The van der Waals surface area contributed by atoms with E-state index in [1.54, 1.807) is 30.1 Å². The van der Waals surface area contributed by atoms with Crippen LogP contribution in [0.2, 0.25) is 0 Å². The Morgan fingerprint density at radius 2 is 2.18 bits per heavy atom. The van der Waals surface area contributed by atoms with Crippen molar-refractivity contribution in [2.45, 2.75) is 19.9 Å². The molecule has 0 saturated heterocycles. The molecule has 2 rings (SSSR count). The van der Waals surface area contributed by atoms with Crippen LogP contribution >= 0.6 is 0 Å². The average molecular weight is 233 g/mol. The Balaban J connectivity index is 2.50. The molecule has 17 heavy (non-hydrogen) atoms. The molecule has 90 valence electrons. The van der Waals surface area contributed by atoms with Gasteiger partial charge in [0.05, 0.1) is 5.69 Å². The van der Waals surface area contributed by atoms with Crippen molar-refractivity contribution >= 4 is 5.97 Å². The van der Waals surface area contributed by atoms with E-state index in [1.165, 1.54) is 0 Å². The molecule has 0 unspecified atom stereocenters. The van der Waals surface area contributed by atoms with Crippen molar-refractivity contribution in [3.8, 4) is 11.3 Å². The molecule has 2 aromatic rings. The lowest BCUT2D eigenvalue weighted by Crippen LogP contribution is -2.04. The highest BCUT2D eigenvalue weighted by Gasteiger charge is 2.14. The predicted octanol–water partition coefficient (Wildman–Crippen LogP) is 2.17. The number of carboxylic acid groups (broad SMARTS) is 1. The first kappa shape index (κ1) is 11.4. The highest BCUT2D eigenvalue weighted by atomic mass is 16.4. The Kier molecular flexibility index (Phi) is 2.75. The van der Waals surface area contributed by atoms with Crippen LogP contribution in [-0.4, -0.2) is 25.4 Å². The van der Waals surface area contributed by atoms with Crippen LogP contribution in [0.3, 0.4) is 0 Å². The fourth-order valence-electron chi connectivity index (χ4n) is 1.87. The second-order valence-corrected chi connectivity index (χ2v) is 4.28. The molecule has 0 atom stereocenters. The Morgan fingerprint density at radius 3 is 2.71 bits per heavy atom. The number of aryl methyl sites for hydroxylation is 1. The quantitative estimate of drug-likeness (QED) is 0.883. The lowest BCUT2D eigenvalue weighted by Gasteiger charge is -2.09. The van der Waals surface area contributed by atoms with Crippen LogP contribution in [0.1, 0.15) is 30.4 Å². The normalized spacial score (nSPS) is 11.1. The maximum Gasteiger partial charge on any atom is 0.352 e. The molecule has 0 fully saturated rings. The molecule has 5 nitrogen and oxygen atoms in total. The number of nitrogens with zero attached hydrogens (tertiary/aromatic N) is 3. The van der Waals surface area contributed by atoms with Crippen LogP contribution in [0.15, 0.2) is 24.5 Å². The molecule has 0 amide bonds. The van der Waals surface area contributed by atoms with Gasteiger partial charge >= 0.3 is 5.97 Å². The lowest BCUT2D eigenvalue weighted by atomic mass is 10.2. The molecular weight excluding hydrogens is 218 g/mol. The number of rotatable bonds is 3. The standard InChI is InChI=1S/C12H15N3O2/c1-8(2)15-10(4-5-13-15)9-6-11(12(16)17)14(3)7-9/h4-8H,1-3H3,(H,16,17). The molecule has 1 N–H and O–H groups in total. The van der Waals surface area contributed by atoms with E-state index in [1.807, 2.05) is 24.6 Å². The molecule has 0 aromatic carbocycles. The number of carboxylic acids is 1. The van der Waals surface area contributed by atoms with Crippen molar-refractivity contribution in [2.24, 2.45) is 7.05 Å². The molecule has 0 aliphatic carbocycles. The van der Waals surface area contributed by atoms with E-state index in [2.05, 4.69) is 5.10 Å².